The van der Waals surface area contributed by atoms with Crippen LogP contribution in [0.25, 0.3) is 0 Å². The Bertz CT molecular complexity index is 478. The van der Waals surface area contributed by atoms with Crippen LogP contribution in [-0.2, 0) is 9.53 Å². The summed E-state index contributed by atoms with van der Waals surface area (Å²) >= 11 is 0. The van der Waals surface area contributed by atoms with Gasteiger partial charge in [-0.15, -0.1) is 6.42 Å². The van der Waals surface area contributed by atoms with E-state index in [4.69, 9.17) is 11.2 Å². The average Bonchev–Trinajstić information content (AvgIpc) is 2.53. The second-order valence-electron chi connectivity index (χ2n) is 5.09. The highest BCUT2D eigenvalue weighted by Gasteiger charge is 2.33. The standard InChI is InChI=1S/C17H21NO2/c1-3-14(4-2)18-17(19)15-11-8-12-20-16(15)13-9-6-5-7-10-13/h1,5-7,9-10,14-16H,4,8,11-12H2,2H3,(H,18,19). The van der Waals surface area contributed by atoms with Gasteiger partial charge < -0.3 is 10.1 Å². The monoisotopic (exact) mass is 271 g/mol. The van der Waals surface area contributed by atoms with Crippen molar-refractivity contribution in [1.29, 1.82) is 0 Å². The van der Waals surface area contributed by atoms with Crippen LogP contribution in [0.3, 0.4) is 0 Å². The van der Waals surface area contributed by atoms with Crippen LogP contribution in [-0.4, -0.2) is 18.6 Å². The molecule has 0 saturated carbocycles. The Morgan fingerprint density at radius 2 is 2.25 bits per heavy atom. The van der Waals surface area contributed by atoms with Crippen LogP contribution >= 0.6 is 0 Å². The van der Waals surface area contributed by atoms with Gasteiger partial charge in [0.2, 0.25) is 5.91 Å². The number of hydrogen-bond acceptors (Lipinski definition) is 2. The van der Waals surface area contributed by atoms with Gasteiger partial charge in [0.1, 0.15) is 0 Å². The Labute approximate surface area is 120 Å². The number of rotatable bonds is 4. The minimum atomic E-state index is -0.194. The molecule has 1 aliphatic heterocycles. The van der Waals surface area contributed by atoms with Crippen LogP contribution < -0.4 is 5.32 Å². The highest BCUT2D eigenvalue weighted by molar-refractivity contribution is 5.80. The van der Waals surface area contributed by atoms with Crippen molar-refractivity contribution in [2.24, 2.45) is 5.92 Å². The van der Waals surface area contributed by atoms with Gasteiger partial charge in [-0.2, -0.15) is 0 Å². The lowest BCUT2D eigenvalue weighted by atomic mass is 9.88. The number of benzene rings is 1. The molecule has 1 aliphatic rings. The Balaban J connectivity index is 2.11. The molecule has 2 rings (SSSR count). The van der Waals surface area contributed by atoms with E-state index in [1.54, 1.807) is 0 Å². The van der Waals surface area contributed by atoms with Crippen molar-refractivity contribution in [1.82, 2.24) is 5.32 Å². The van der Waals surface area contributed by atoms with Crippen molar-refractivity contribution in [2.75, 3.05) is 6.61 Å². The number of carbonyl (C=O) groups excluding carboxylic acids is 1. The predicted molar refractivity (Wildman–Crippen MR) is 78.9 cm³/mol. The first-order valence-electron chi connectivity index (χ1n) is 7.19. The van der Waals surface area contributed by atoms with E-state index < -0.39 is 0 Å². The lowest BCUT2D eigenvalue weighted by molar-refractivity contribution is -0.135. The third kappa shape index (κ3) is 3.40. The van der Waals surface area contributed by atoms with Crippen molar-refractivity contribution in [3.05, 3.63) is 35.9 Å². The fourth-order valence-corrected chi connectivity index (χ4v) is 2.56. The average molecular weight is 271 g/mol. The Morgan fingerprint density at radius 3 is 2.90 bits per heavy atom. The topological polar surface area (TPSA) is 38.3 Å². The number of amides is 1. The number of terminal acetylenes is 1. The Morgan fingerprint density at radius 1 is 1.50 bits per heavy atom. The van der Waals surface area contributed by atoms with Crippen LogP contribution in [0.5, 0.6) is 0 Å². The first-order valence-corrected chi connectivity index (χ1v) is 7.19. The number of hydrogen-bond donors (Lipinski definition) is 1. The number of carbonyl (C=O) groups is 1. The molecule has 0 aliphatic carbocycles. The van der Waals surface area contributed by atoms with Gasteiger partial charge in [0, 0.05) is 6.61 Å². The fourth-order valence-electron chi connectivity index (χ4n) is 2.56. The largest absolute Gasteiger partial charge is 0.373 e. The van der Waals surface area contributed by atoms with E-state index in [2.05, 4.69) is 11.2 Å². The first-order chi connectivity index (χ1) is 9.76. The van der Waals surface area contributed by atoms with Crippen molar-refractivity contribution >= 4 is 5.91 Å². The lowest BCUT2D eigenvalue weighted by Crippen LogP contribution is -2.41. The van der Waals surface area contributed by atoms with Gasteiger partial charge in [-0.1, -0.05) is 43.2 Å². The van der Waals surface area contributed by atoms with Crippen molar-refractivity contribution < 1.29 is 9.53 Å². The van der Waals surface area contributed by atoms with Gasteiger partial charge in [0.25, 0.3) is 0 Å². The predicted octanol–water partition coefficient (Wildman–Crippen LogP) is 2.68. The quantitative estimate of drug-likeness (QED) is 0.855. The maximum absolute atomic E-state index is 12.4. The third-order valence-electron chi connectivity index (χ3n) is 3.71. The van der Waals surface area contributed by atoms with E-state index in [1.165, 1.54) is 0 Å². The van der Waals surface area contributed by atoms with E-state index in [1.807, 2.05) is 37.3 Å². The second-order valence-corrected chi connectivity index (χ2v) is 5.09. The minimum absolute atomic E-state index is 0.00310. The van der Waals surface area contributed by atoms with Crippen LogP contribution in [0.1, 0.15) is 37.9 Å². The van der Waals surface area contributed by atoms with Crippen LogP contribution in [0.2, 0.25) is 0 Å². The van der Waals surface area contributed by atoms with Gasteiger partial charge in [0.05, 0.1) is 18.1 Å². The fraction of sp³-hybridized carbons (Fsp3) is 0.471. The summed E-state index contributed by atoms with van der Waals surface area (Å²) in [5.41, 5.74) is 1.06. The molecular formula is C17H21NO2. The number of ether oxygens (including phenoxy) is 1. The van der Waals surface area contributed by atoms with Crippen LogP contribution in [0.4, 0.5) is 0 Å². The molecule has 3 atom stereocenters. The van der Waals surface area contributed by atoms with Crippen molar-refractivity contribution in [3.8, 4) is 12.3 Å². The molecule has 20 heavy (non-hydrogen) atoms. The molecule has 0 bridgehead atoms. The Hall–Kier alpha value is -1.79. The molecule has 1 N–H and O–H groups in total. The maximum atomic E-state index is 12.4. The van der Waals surface area contributed by atoms with E-state index in [9.17, 15) is 4.79 Å². The highest BCUT2D eigenvalue weighted by atomic mass is 16.5. The molecule has 3 heteroatoms. The molecule has 0 spiro atoms. The molecule has 1 heterocycles. The van der Waals surface area contributed by atoms with E-state index in [0.29, 0.717) is 6.61 Å². The first kappa shape index (κ1) is 14.6. The molecule has 1 amide bonds. The SMILES string of the molecule is C#CC(CC)NC(=O)C1CCCOC1c1ccccc1. The van der Waals surface area contributed by atoms with Crippen molar-refractivity contribution in [3.63, 3.8) is 0 Å². The maximum Gasteiger partial charge on any atom is 0.227 e. The molecule has 3 unspecified atom stereocenters. The highest BCUT2D eigenvalue weighted by Crippen LogP contribution is 2.33. The van der Waals surface area contributed by atoms with E-state index in [0.717, 1.165) is 24.8 Å². The zero-order valence-electron chi connectivity index (χ0n) is 11.8. The summed E-state index contributed by atoms with van der Waals surface area (Å²) in [5.74, 6) is 2.45. The normalized spacial score (nSPS) is 23.6. The zero-order valence-corrected chi connectivity index (χ0v) is 11.8. The van der Waals surface area contributed by atoms with Gasteiger partial charge in [0.15, 0.2) is 0 Å². The molecule has 1 fully saturated rings. The summed E-state index contributed by atoms with van der Waals surface area (Å²) in [4.78, 5) is 12.4. The molecule has 1 aromatic carbocycles. The Kier molecular flexibility index (Phi) is 5.20. The van der Waals surface area contributed by atoms with E-state index >= 15 is 0 Å². The molecular weight excluding hydrogens is 250 g/mol. The van der Waals surface area contributed by atoms with E-state index in [-0.39, 0.29) is 24.0 Å². The molecule has 0 radical (unpaired) electrons. The summed E-state index contributed by atoms with van der Waals surface area (Å²) in [5, 5.41) is 2.93. The van der Waals surface area contributed by atoms with Gasteiger partial charge in [-0.05, 0) is 24.8 Å². The summed E-state index contributed by atoms with van der Waals surface area (Å²) < 4.78 is 5.83. The molecule has 0 aromatic heterocycles. The third-order valence-corrected chi connectivity index (χ3v) is 3.71. The van der Waals surface area contributed by atoms with Crippen molar-refractivity contribution in [2.45, 2.75) is 38.3 Å². The van der Waals surface area contributed by atoms with Gasteiger partial charge in [-0.3, -0.25) is 4.79 Å². The minimum Gasteiger partial charge on any atom is -0.373 e. The van der Waals surface area contributed by atoms with Crippen LogP contribution in [0, 0.1) is 18.3 Å². The smallest absolute Gasteiger partial charge is 0.227 e. The summed E-state index contributed by atoms with van der Waals surface area (Å²) in [7, 11) is 0. The lowest BCUT2D eigenvalue weighted by Gasteiger charge is -2.31. The zero-order chi connectivity index (χ0) is 14.4. The second kappa shape index (κ2) is 7.12. The van der Waals surface area contributed by atoms with Gasteiger partial charge in [-0.25, -0.2) is 0 Å². The molecule has 3 nitrogen and oxygen atoms in total. The molecule has 1 aromatic rings. The van der Waals surface area contributed by atoms with Crippen LogP contribution in [0.15, 0.2) is 30.3 Å². The number of nitrogens with one attached hydrogen (secondary N) is 1. The molecule has 1 saturated heterocycles. The summed E-state index contributed by atoms with van der Waals surface area (Å²) in [6.07, 6.45) is 7.74. The molecule has 106 valence electrons. The summed E-state index contributed by atoms with van der Waals surface area (Å²) in [6.45, 7) is 2.67. The van der Waals surface area contributed by atoms with Gasteiger partial charge >= 0.3 is 0 Å². The summed E-state index contributed by atoms with van der Waals surface area (Å²) in [6, 6.07) is 9.73.